The molecule has 232 valence electrons. The Balaban J connectivity index is 1.69. The van der Waals surface area contributed by atoms with Gasteiger partial charge < -0.3 is 54.5 Å². The van der Waals surface area contributed by atoms with Crippen molar-refractivity contribution in [1.29, 1.82) is 0 Å². The number of β-amino-alcohol motifs (C(OH)–C–C–N with tert-alkyl or cyclic N) is 1. The maximum atomic E-state index is 12.8. The van der Waals surface area contributed by atoms with Crippen LogP contribution in [0.4, 0.5) is 0 Å². The highest BCUT2D eigenvalue weighted by molar-refractivity contribution is 5.90. The number of allylic oxidation sites excluding steroid dienone is 2. The molecule has 0 aromatic carbocycles. The fourth-order valence-corrected chi connectivity index (χ4v) is 5.58. The van der Waals surface area contributed by atoms with Gasteiger partial charge in [0.2, 0.25) is 6.29 Å². The van der Waals surface area contributed by atoms with Crippen LogP contribution in [0.3, 0.4) is 0 Å². The monoisotopic (exact) mass is 593 g/mol. The summed E-state index contributed by atoms with van der Waals surface area (Å²) >= 11 is 0. The zero-order valence-electron chi connectivity index (χ0n) is 23.3. The van der Waals surface area contributed by atoms with E-state index in [0.29, 0.717) is 12.1 Å². The molecule has 4 aliphatic rings. The number of aliphatic carboxylic acids is 1. The van der Waals surface area contributed by atoms with Crippen LogP contribution in [-0.4, -0.2) is 118 Å². The van der Waals surface area contributed by atoms with Crippen LogP contribution in [0.2, 0.25) is 0 Å². The maximum Gasteiger partial charge on any atom is 0.337 e. The average molecular weight is 594 g/mol. The predicted molar refractivity (Wildman–Crippen MR) is 145 cm³/mol. The van der Waals surface area contributed by atoms with E-state index in [0.717, 1.165) is 31.3 Å². The lowest BCUT2D eigenvalue weighted by Crippen LogP contribution is -2.60. The molecule has 13 heteroatoms. The molecule has 3 aliphatic heterocycles. The van der Waals surface area contributed by atoms with Crippen LogP contribution >= 0.6 is 0 Å². The first kappa shape index (κ1) is 31.9. The second-order valence-corrected chi connectivity index (χ2v) is 10.7. The number of carboxylic acid groups (broad SMARTS) is 1. The second-order valence-electron chi connectivity index (χ2n) is 10.7. The van der Waals surface area contributed by atoms with Crippen LogP contribution in [0.5, 0.6) is 0 Å². The molecule has 0 aromatic rings. The minimum absolute atomic E-state index is 0.0403. The predicted octanol–water partition coefficient (Wildman–Crippen LogP) is -0.292. The van der Waals surface area contributed by atoms with Crippen LogP contribution < -0.4 is 0 Å². The Kier molecular flexibility index (Phi) is 11.0. The molecule has 2 fully saturated rings. The number of carboxylic acids is 1. The summed E-state index contributed by atoms with van der Waals surface area (Å²) in [7, 11) is 1.24. The van der Waals surface area contributed by atoms with E-state index in [1.54, 1.807) is 17.1 Å². The van der Waals surface area contributed by atoms with Crippen molar-refractivity contribution in [2.24, 2.45) is 11.8 Å². The van der Waals surface area contributed by atoms with Crippen molar-refractivity contribution >= 4 is 11.9 Å². The molecular formula is C29H39NO12. The topological polar surface area (TPSA) is 196 Å². The van der Waals surface area contributed by atoms with Gasteiger partial charge in [0.15, 0.2) is 6.29 Å². The van der Waals surface area contributed by atoms with Gasteiger partial charge in [-0.25, -0.2) is 9.59 Å². The summed E-state index contributed by atoms with van der Waals surface area (Å²) in [6, 6.07) is 0. The number of aliphatic hydroxyl groups excluding tert-OH is 5. The number of rotatable bonds is 10. The van der Waals surface area contributed by atoms with Crippen LogP contribution in [-0.2, 0) is 28.5 Å². The molecule has 0 aromatic heterocycles. The van der Waals surface area contributed by atoms with Gasteiger partial charge in [0.1, 0.15) is 24.4 Å². The minimum atomic E-state index is -1.66. The van der Waals surface area contributed by atoms with Crippen molar-refractivity contribution < 1.29 is 59.2 Å². The molecule has 1 aliphatic carbocycles. The molecule has 6 N–H and O–H groups in total. The van der Waals surface area contributed by atoms with Gasteiger partial charge in [-0.3, -0.25) is 0 Å². The molecule has 8 unspecified atom stereocenters. The van der Waals surface area contributed by atoms with E-state index in [2.05, 4.69) is 0 Å². The van der Waals surface area contributed by atoms with Gasteiger partial charge in [0.05, 0.1) is 43.6 Å². The molecule has 0 spiro atoms. The number of ether oxygens (including phenoxy) is 4. The van der Waals surface area contributed by atoms with Crippen LogP contribution in [0.25, 0.3) is 0 Å². The summed E-state index contributed by atoms with van der Waals surface area (Å²) in [6.45, 7) is -0.236. The van der Waals surface area contributed by atoms with Gasteiger partial charge in [-0.05, 0) is 37.3 Å². The first-order valence-corrected chi connectivity index (χ1v) is 13.9. The molecule has 8 atom stereocenters. The normalized spacial score (nSPS) is 33.5. The Morgan fingerprint density at radius 1 is 1.10 bits per heavy atom. The number of carbonyl (C=O) groups is 2. The number of hydrogen-bond acceptors (Lipinski definition) is 12. The summed E-state index contributed by atoms with van der Waals surface area (Å²) in [4.78, 5) is 26.2. The average Bonchev–Trinajstić information content (AvgIpc) is 3.50. The van der Waals surface area contributed by atoms with Crippen molar-refractivity contribution in [3.63, 3.8) is 0 Å². The Morgan fingerprint density at radius 3 is 2.48 bits per heavy atom. The molecule has 1 saturated carbocycles. The molecular weight excluding hydrogens is 554 g/mol. The third-order valence-corrected chi connectivity index (χ3v) is 7.83. The highest BCUT2D eigenvalue weighted by Gasteiger charge is 2.47. The van der Waals surface area contributed by atoms with E-state index >= 15 is 0 Å². The lowest BCUT2D eigenvalue weighted by atomic mass is 9.81. The summed E-state index contributed by atoms with van der Waals surface area (Å²) in [5, 5.41) is 59.5. The fraction of sp³-hybridized carbons (Fsp3) is 0.586. The Morgan fingerprint density at radius 2 is 1.83 bits per heavy atom. The number of methoxy groups -OCH3 is 1. The first-order chi connectivity index (χ1) is 20.2. The molecule has 0 amide bonds. The molecule has 13 nitrogen and oxygen atoms in total. The molecule has 42 heavy (non-hydrogen) atoms. The van der Waals surface area contributed by atoms with Gasteiger partial charge in [0, 0.05) is 25.2 Å². The second kappa shape index (κ2) is 14.4. The van der Waals surface area contributed by atoms with E-state index in [-0.39, 0.29) is 24.3 Å². The third-order valence-electron chi connectivity index (χ3n) is 7.83. The maximum absolute atomic E-state index is 12.8. The summed E-state index contributed by atoms with van der Waals surface area (Å²) in [5.41, 5.74) is 1.97. The van der Waals surface area contributed by atoms with Crippen molar-refractivity contribution in [2.45, 2.75) is 62.7 Å². The molecule has 4 rings (SSSR count). The number of carbonyl (C=O) groups excluding carboxylic acids is 1. The zero-order chi connectivity index (χ0) is 30.4. The van der Waals surface area contributed by atoms with Gasteiger partial charge >= 0.3 is 11.9 Å². The molecule has 1 saturated heterocycles. The highest BCUT2D eigenvalue weighted by Crippen LogP contribution is 2.39. The lowest BCUT2D eigenvalue weighted by Gasteiger charge is -2.42. The summed E-state index contributed by atoms with van der Waals surface area (Å²) in [5.74, 6) is -3.09. The number of hydrogen-bond donors (Lipinski definition) is 6. The Labute approximate surface area is 243 Å². The van der Waals surface area contributed by atoms with E-state index < -0.39 is 67.4 Å². The van der Waals surface area contributed by atoms with E-state index in [9.17, 15) is 40.2 Å². The van der Waals surface area contributed by atoms with E-state index in [1.165, 1.54) is 25.6 Å². The van der Waals surface area contributed by atoms with Crippen molar-refractivity contribution in [3.05, 3.63) is 59.1 Å². The number of nitrogens with zero attached hydrogens (tertiary/aromatic N) is 1. The SMILES string of the molecule is COC(=O)C1=COC(OC2OC(CO)C(O)C(O)C2O)C(C=C2CCCC2)C1C=CC1=CC(C(=O)O)=CN(CCO)C1. The summed E-state index contributed by atoms with van der Waals surface area (Å²) in [6.07, 6.45) is 4.61. The quantitative estimate of drug-likeness (QED) is 0.143. The smallest absolute Gasteiger partial charge is 0.337 e. The van der Waals surface area contributed by atoms with Crippen molar-refractivity contribution in [2.75, 3.05) is 33.4 Å². The molecule has 0 bridgehead atoms. The van der Waals surface area contributed by atoms with Gasteiger partial charge in [-0.15, -0.1) is 0 Å². The minimum Gasteiger partial charge on any atom is -0.478 e. The highest BCUT2D eigenvalue weighted by atomic mass is 16.8. The van der Waals surface area contributed by atoms with Crippen molar-refractivity contribution in [3.8, 4) is 0 Å². The van der Waals surface area contributed by atoms with Gasteiger partial charge in [-0.1, -0.05) is 23.8 Å². The molecule has 0 radical (unpaired) electrons. The van der Waals surface area contributed by atoms with Gasteiger partial charge in [-0.2, -0.15) is 0 Å². The Bertz CT molecular complexity index is 1130. The van der Waals surface area contributed by atoms with Crippen molar-refractivity contribution in [1.82, 2.24) is 4.90 Å². The van der Waals surface area contributed by atoms with Crippen LogP contribution in [0, 0.1) is 11.8 Å². The largest absolute Gasteiger partial charge is 0.478 e. The summed E-state index contributed by atoms with van der Waals surface area (Å²) < 4.78 is 22.4. The van der Waals surface area contributed by atoms with Crippen LogP contribution in [0.1, 0.15) is 25.7 Å². The van der Waals surface area contributed by atoms with Gasteiger partial charge in [0.25, 0.3) is 0 Å². The lowest BCUT2D eigenvalue weighted by molar-refractivity contribution is -0.338. The van der Waals surface area contributed by atoms with E-state index in [1.807, 2.05) is 6.08 Å². The number of esters is 1. The third kappa shape index (κ3) is 7.29. The van der Waals surface area contributed by atoms with E-state index in [4.69, 9.17) is 18.9 Å². The standard InChI is InChI=1S/C29H39NO12/c1-39-27(38)21-15-40-28(42-29-25(35)24(34)23(33)22(14-32)41-29)20(11-16-4-2-3-5-16)19(21)7-6-17-10-18(26(36)37)13-30(12-17)8-9-31/h6-7,10-11,13,15,19-20,22-25,28-29,31-35H,2-5,8-9,12,14H2,1H3,(H,36,37). The fourth-order valence-electron chi connectivity index (χ4n) is 5.58. The first-order valence-electron chi connectivity index (χ1n) is 13.9. The zero-order valence-corrected chi connectivity index (χ0v) is 23.3. The van der Waals surface area contributed by atoms with Crippen LogP contribution in [0.15, 0.2) is 59.1 Å². The Hall–Kier alpha value is -3.04. The number of aliphatic hydroxyl groups is 5. The molecule has 3 heterocycles.